The van der Waals surface area contributed by atoms with Gasteiger partial charge in [-0.3, -0.25) is 9.59 Å². The molecule has 1 saturated heterocycles. The first-order chi connectivity index (χ1) is 19.5. The number of ether oxygens (including phenoxy) is 1. The topological polar surface area (TPSA) is 149 Å². The van der Waals surface area contributed by atoms with Gasteiger partial charge in [0.25, 0.3) is 11.8 Å². The van der Waals surface area contributed by atoms with Gasteiger partial charge in [-0.15, -0.1) is 24.9 Å². The van der Waals surface area contributed by atoms with E-state index in [1.807, 2.05) is 26.0 Å². The first kappa shape index (κ1) is 35.7. The van der Waals surface area contributed by atoms with Crippen molar-refractivity contribution in [1.29, 1.82) is 0 Å². The molecule has 1 atom stereocenters. The summed E-state index contributed by atoms with van der Waals surface area (Å²) in [5, 5.41) is 5.94. The Morgan fingerprint density at radius 1 is 1.21 bits per heavy atom. The zero-order valence-electron chi connectivity index (χ0n) is 24.6. The van der Waals surface area contributed by atoms with Crippen LogP contribution in [0.1, 0.15) is 53.1 Å². The van der Waals surface area contributed by atoms with Gasteiger partial charge in [0.05, 0.1) is 11.1 Å². The first-order valence-electron chi connectivity index (χ1n) is 13.6. The molecule has 2 aliphatic rings. The number of benzene rings is 1. The van der Waals surface area contributed by atoms with Gasteiger partial charge in [-0.05, 0) is 62.7 Å². The number of hydrogen-bond acceptors (Lipinski definition) is 5. The van der Waals surface area contributed by atoms with E-state index in [-0.39, 0.29) is 33.8 Å². The Morgan fingerprint density at radius 2 is 1.93 bits per heavy atom. The van der Waals surface area contributed by atoms with E-state index in [9.17, 15) is 22.8 Å². The average Bonchev–Trinajstić information content (AvgIpc) is 3.38. The van der Waals surface area contributed by atoms with Gasteiger partial charge in [-0.25, -0.2) is 0 Å². The van der Waals surface area contributed by atoms with E-state index >= 15 is 0 Å². The maximum atomic E-state index is 13.0. The van der Waals surface area contributed by atoms with E-state index in [0.29, 0.717) is 41.1 Å². The van der Waals surface area contributed by atoms with Crippen molar-refractivity contribution in [2.75, 3.05) is 26.2 Å². The summed E-state index contributed by atoms with van der Waals surface area (Å²) in [5.41, 5.74) is 5.50. The highest BCUT2D eigenvalue weighted by molar-refractivity contribution is 7.99. The molecule has 2 amide bonds. The standard InChI is InChI=1S/C30H35F3N4O3S.2H2O/c1-5-37(6-2)13-12-34-29(39)27-18(3)26(35-19(27)4)16-24-23-15-22(10-11-25(23)36-28(24)38)41-17-20-8-7-9-21(14-20)40-30(31,32)33;;/h7-9,11,14-16,22,35H,5-6,10,12-13,17H2,1-4H3,(H,34,39)(H,36,38);2*1H2/b24-16-;;. The number of rotatable bonds is 11. The summed E-state index contributed by atoms with van der Waals surface area (Å²) in [6, 6.07) is 5.96. The molecule has 0 spiro atoms. The van der Waals surface area contributed by atoms with Gasteiger partial charge in [0.1, 0.15) is 5.75 Å². The molecule has 1 aromatic heterocycles. The number of amides is 2. The number of likely N-dealkylation sites (N-methyl/N-ethyl adjacent to an activating group) is 1. The van der Waals surface area contributed by atoms with Gasteiger partial charge in [-0.2, -0.15) is 0 Å². The average molecular weight is 625 g/mol. The molecule has 7 N–H and O–H groups in total. The second kappa shape index (κ2) is 15.3. The fraction of sp³-hybridized carbons (Fsp3) is 0.400. The molecule has 13 heteroatoms. The third kappa shape index (κ3) is 8.99. The molecular formula is C30H39F3N4O5S. The summed E-state index contributed by atoms with van der Waals surface area (Å²) in [4.78, 5) is 31.4. The van der Waals surface area contributed by atoms with Crippen molar-refractivity contribution in [3.63, 3.8) is 0 Å². The number of nitrogens with zero attached hydrogens (tertiary/aromatic N) is 1. The number of nitrogens with one attached hydrogen (secondary N) is 3. The summed E-state index contributed by atoms with van der Waals surface area (Å²) < 4.78 is 41.8. The number of alkyl halides is 3. The van der Waals surface area contributed by atoms with Gasteiger partial charge in [-0.1, -0.05) is 38.1 Å². The van der Waals surface area contributed by atoms with Gasteiger partial charge in [0, 0.05) is 46.8 Å². The quantitative estimate of drug-likeness (QED) is 0.324. The van der Waals surface area contributed by atoms with E-state index in [4.69, 9.17) is 0 Å². The summed E-state index contributed by atoms with van der Waals surface area (Å²) >= 11 is 1.57. The van der Waals surface area contributed by atoms with Crippen LogP contribution in [0, 0.1) is 13.8 Å². The van der Waals surface area contributed by atoms with Crippen LogP contribution in [0.25, 0.3) is 6.08 Å². The Labute approximate surface area is 253 Å². The van der Waals surface area contributed by atoms with Gasteiger partial charge < -0.3 is 36.2 Å². The van der Waals surface area contributed by atoms with Crippen molar-refractivity contribution >= 4 is 29.7 Å². The Bertz CT molecular complexity index is 1400. The van der Waals surface area contributed by atoms with Crippen LogP contribution in [0.15, 0.2) is 53.3 Å². The second-order valence-corrected chi connectivity index (χ2v) is 11.2. The monoisotopic (exact) mass is 624 g/mol. The first-order valence-corrected chi connectivity index (χ1v) is 14.7. The molecule has 0 bridgehead atoms. The van der Waals surface area contributed by atoms with Crippen LogP contribution in [-0.2, 0) is 10.5 Å². The molecule has 1 aliphatic heterocycles. The maximum absolute atomic E-state index is 13.0. The number of fused-ring (bicyclic) bond motifs is 1. The lowest BCUT2D eigenvalue weighted by Gasteiger charge is -2.18. The minimum Gasteiger partial charge on any atom is -0.412 e. The fourth-order valence-electron chi connectivity index (χ4n) is 5.01. The highest BCUT2D eigenvalue weighted by atomic mass is 32.2. The number of thioether (sulfide) groups is 1. The minimum absolute atomic E-state index is 0. The summed E-state index contributed by atoms with van der Waals surface area (Å²) in [7, 11) is 0. The van der Waals surface area contributed by atoms with Gasteiger partial charge in [0.15, 0.2) is 0 Å². The van der Waals surface area contributed by atoms with E-state index < -0.39 is 6.36 Å². The number of carbonyl (C=O) groups is 2. The largest absolute Gasteiger partial charge is 0.573 e. The Hall–Kier alpha value is -3.52. The normalized spacial score (nSPS) is 17.0. The van der Waals surface area contributed by atoms with Crippen molar-refractivity contribution in [3.8, 4) is 5.75 Å². The Kier molecular flexibility index (Phi) is 12.7. The molecule has 1 aliphatic carbocycles. The Balaban J connectivity index is 0.00000323. The maximum Gasteiger partial charge on any atom is 0.573 e. The highest BCUT2D eigenvalue weighted by Gasteiger charge is 2.32. The van der Waals surface area contributed by atoms with Crippen LogP contribution in [0.3, 0.4) is 0 Å². The van der Waals surface area contributed by atoms with Crippen molar-refractivity contribution in [1.82, 2.24) is 20.5 Å². The fourth-order valence-corrected chi connectivity index (χ4v) is 6.06. The highest BCUT2D eigenvalue weighted by Crippen LogP contribution is 2.36. The molecular weight excluding hydrogens is 585 g/mol. The van der Waals surface area contributed by atoms with E-state index in [2.05, 4.69) is 39.1 Å². The number of aromatic nitrogens is 1. The summed E-state index contributed by atoms with van der Waals surface area (Å²) in [5.74, 6) is -0.136. The van der Waals surface area contributed by atoms with Crippen LogP contribution in [0.5, 0.6) is 5.75 Å². The Morgan fingerprint density at radius 3 is 2.60 bits per heavy atom. The smallest absolute Gasteiger partial charge is 0.412 e. The van der Waals surface area contributed by atoms with Crippen LogP contribution in [-0.4, -0.2) is 70.4 Å². The zero-order chi connectivity index (χ0) is 29.7. The van der Waals surface area contributed by atoms with Gasteiger partial charge >= 0.3 is 6.36 Å². The van der Waals surface area contributed by atoms with E-state index in [1.165, 1.54) is 18.2 Å². The zero-order valence-corrected chi connectivity index (χ0v) is 25.4. The number of allylic oxidation sites excluding steroid dienone is 2. The molecule has 236 valence electrons. The molecule has 9 nitrogen and oxygen atoms in total. The van der Waals surface area contributed by atoms with Crippen molar-refractivity contribution in [2.45, 2.75) is 51.5 Å². The molecule has 2 aromatic rings. The SMILES string of the molecule is CCN(CC)CCNC(=O)c1c(C)[nH]c(/C=C2\C(=O)NC3=CCC(SCc4cccc(OC(F)(F)F)c4)C=C32)c1C.O.O. The van der Waals surface area contributed by atoms with E-state index in [0.717, 1.165) is 42.2 Å². The van der Waals surface area contributed by atoms with Crippen LogP contribution >= 0.6 is 11.8 Å². The lowest BCUT2D eigenvalue weighted by atomic mass is 9.98. The lowest BCUT2D eigenvalue weighted by Crippen LogP contribution is -2.35. The summed E-state index contributed by atoms with van der Waals surface area (Å²) in [6.07, 6.45) is 1.70. The molecule has 1 unspecified atom stereocenters. The van der Waals surface area contributed by atoms with Crippen molar-refractivity contribution in [3.05, 3.63) is 81.3 Å². The third-order valence-electron chi connectivity index (χ3n) is 7.18. The molecule has 1 aromatic carbocycles. The molecule has 1 fully saturated rings. The van der Waals surface area contributed by atoms with Crippen molar-refractivity contribution in [2.24, 2.45) is 0 Å². The number of H-pyrrole nitrogens is 1. The van der Waals surface area contributed by atoms with Crippen molar-refractivity contribution < 1.29 is 38.4 Å². The lowest BCUT2D eigenvalue weighted by molar-refractivity contribution is -0.274. The third-order valence-corrected chi connectivity index (χ3v) is 8.43. The number of carbonyl (C=O) groups excluding carboxylic acids is 2. The van der Waals surface area contributed by atoms with Crippen LogP contribution in [0.4, 0.5) is 13.2 Å². The molecule has 43 heavy (non-hydrogen) atoms. The molecule has 0 radical (unpaired) electrons. The van der Waals surface area contributed by atoms with Gasteiger partial charge in [0.2, 0.25) is 0 Å². The molecule has 0 saturated carbocycles. The van der Waals surface area contributed by atoms with Crippen LogP contribution in [0.2, 0.25) is 0 Å². The van der Waals surface area contributed by atoms with E-state index in [1.54, 1.807) is 23.9 Å². The number of aromatic amines is 1. The number of hydrogen-bond donors (Lipinski definition) is 3. The van der Waals surface area contributed by atoms with Crippen LogP contribution < -0.4 is 15.4 Å². The minimum atomic E-state index is -4.74. The predicted octanol–water partition coefficient (Wildman–Crippen LogP) is 3.98. The number of aryl methyl sites for hydroxylation is 1. The summed E-state index contributed by atoms with van der Waals surface area (Å²) in [6.45, 7) is 11.0. The molecule has 2 heterocycles. The second-order valence-electron chi connectivity index (χ2n) is 9.94. The number of halogens is 3. The predicted molar refractivity (Wildman–Crippen MR) is 163 cm³/mol. The molecule has 4 rings (SSSR count).